The third kappa shape index (κ3) is 2.99. The van der Waals surface area contributed by atoms with Crippen LogP contribution in [0.25, 0.3) is 0 Å². The molecule has 2 atom stereocenters. The zero-order valence-corrected chi connectivity index (χ0v) is 10.4. The minimum absolute atomic E-state index is 0.0298. The second-order valence-electron chi connectivity index (χ2n) is 4.63. The lowest BCUT2D eigenvalue weighted by molar-refractivity contribution is -0.140. The first-order chi connectivity index (χ1) is 8.97. The summed E-state index contributed by atoms with van der Waals surface area (Å²) in [6.07, 6.45) is 3.47. The van der Waals surface area contributed by atoms with Gasteiger partial charge in [0.05, 0.1) is 11.5 Å². The Morgan fingerprint density at radius 2 is 2.11 bits per heavy atom. The van der Waals surface area contributed by atoms with E-state index in [1.165, 1.54) is 12.1 Å². The molecule has 0 aliphatic heterocycles. The van der Waals surface area contributed by atoms with Crippen LogP contribution in [0.2, 0.25) is 0 Å². The first-order valence-electron chi connectivity index (χ1n) is 5.95. The van der Waals surface area contributed by atoms with Gasteiger partial charge in [0.25, 0.3) is 5.91 Å². The number of carboxylic acids is 1. The van der Waals surface area contributed by atoms with E-state index in [1.54, 1.807) is 25.1 Å². The summed E-state index contributed by atoms with van der Waals surface area (Å²) in [5, 5.41) is 11.4. The smallest absolute Gasteiger partial charge is 0.310 e. The molecular formula is C14H14FNO3. The highest BCUT2D eigenvalue weighted by Gasteiger charge is 2.26. The lowest BCUT2D eigenvalue weighted by Crippen LogP contribution is -2.33. The van der Waals surface area contributed by atoms with E-state index in [2.05, 4.69) is 5.32 Å². The molecule has 0 radical (unpaired) electrons. The number of amides is 1. The molecule has 0 saturated carbocycles. The summed E-state index contributed by atoms with van der Waals surface area (Å²) >= 11 is 0. The maximum absolute atomic E-state index is 13.6. The molecule has 0 fully saturated rings. The summed E-state index contributed by atoms with van der Waals surface area (Å²) in [5.74, 6) is -2.62. The normalized spacial score (nSPS) is 21.4. The van der Waals surface area contributed by atoms with E-state index in [4.69, 9.17) is 5.11 Å². The largest absolute Gasteiger partial charge is 0.481 e. The molecule has 0 bridgehead atoms. The molecule has 1 aliphatic rings. The Morgan fingerprint density at radius 3 is 2.68 bits per heavy atom. The summed E-state index contributed by atoms with van der Waals surface area (Å²) in [5.41, 5.74) is 0.707. The van der Waals surface area contributed by atoms with Crippen LogP contribution in [0, 0.1) is 18.7 Å². The summed E-state index contributed by atoms with van der Waals surface area (Å²) < 4.78 is 13.6. The quantitative estimate of drug-likeness (QED) is 0.818. The number of aliphatic carboxylic acids is 1. The van der Waals surface area contributed by atoms with Crippen molar-refractivity contribution in [3.05, 3.63) is 47.3 Å². The van der Waals surface area contributed by atoms with Crippen molar-refractivity contribution in [2.75, 3.05) is 0 Å². The van der Waals surface area contributed by atoms with Gasteiger partial charge in [-0.15, -0.1) is 0 Å². The first kappa shape index (κ1) is 13.3. The molecule has 2 N–H and O–H groups in total. The van der Waals surface area contributed by atoms with Crippen molar-refractivity contribution in [3.8, 4) is 0 Å². The van der Waals surface area contributed by atoms with Crippen LogP contribution in [-0.4, -0.2) is 23.0 Å². The molecule has 1 aromatic carbocycles. The van der Waals surface area contributed by atoms with Gasteiger partial charge in [0.1, 0.15) is 5.82 Å². The van der Waals surface area contributed by atoms with E-state index < -0.39 is 23.6 Å². The molecule has 0 aromatic heterocycles. The van der Waals surface area contributed by atoms with Crippen molar-refractivity contribution in [1.29, 1.82) is 0 Å². The van der Waals surface area contributed by atoms with Gasteiger partial charge < -0.3 is 10.4 Å². The first-order valence-corrected chi connectivity index (χ1v) is 5.95. The Kier molecular flexibility index (Phi) is 3.64. The molecule has 0 heterocycles. The molecule has 1 amide bonds. The van der Waals surface area contributed by atoms with E-state index in [1.807, 2.05) is 0 Å². The molecule has 4 nitrogen and oxygen atoms in total. The lowest BCUT2D eigenvalue weighted by atomic mass is 10.1. The van der Waals surface area contributed by atoms with Crippen LogP contribution in [0.4, 0.5) is 4.39 Å². The average Bonchev–Trinajstić information content (AvgIpc) is 2.77. The number of carbonyl (C=O) groups is 2. The highest BCUT2D eigenvalue weighted by atomic mass is 19.1. The summed E-state index contributed by atoms with van der Waals surface area (Å²) in [4.78, 5) is 22.6. The number of hydrogen-bond acceptors (Lipinski definition) is 2. The molecule has 2 rings (SSSR count). The molecule has 100 valence electrons. The topological polar surface area (TPSA) is 66.4 Å². The predicted molar refractivity (Wildman–Crippen MR) is 67.3 cm³/mol. The fourth-order valence-corrected chi connectivity index (χ4v) is 2.04. The minimum atomic E-state index is -0.922. The molecular weight excluding hydrogens is 249 g/mol. The number of halogens is 1. The molecule has 5 heteroatoms. The van der Waals surface area contributed by atoms with Crippen LogP contribution in [-0.2, 0) is 4.79 Å². The Balaban J connectivity index is 2.03. The van der Waals surface area contributed by atoms with Crippen molar-refractivity contribution in [2.45, 2.75) is 19.4 Å². The molecule has 2 unspecified atom stereocenters. The van der Waals surface area contributed by atoms with Crippen LogP contribution >= 0.6 is 0 Å². The lowest BCUT2D eigenvalue weighted by Gasteiger charge is -2.12. The number of carbonyl (C=O) groups excluding carboxylic acids is 1. The fourth-order valence-electron chi connectivity index (χ4n) is 2.04. The molecule has 0 spiro atoms. The van der Waals surface area contributed by atoms with Crippen LogP contribution < -0.4 is 5.32 Å². The van der Waals surface area contributed by atoms with E-state index in [0.717, 1.165) is 5.56 Å². The minimum Gasteiger partial charge on any atom is -0.481 e. The van der Waals surface area contributed by atoms with Crippen molar-refractivity contribution >= 4 is 11.9 Å². The summed E-state index contributed by atoms with van der Waals surface area (Å²) in [6.45, 7) is 1.74. The number of carboxylic acid groups (broad SMARTS) is 1. The van der Waals surface area contributed by atoms with Gasteiger partial charge in [-0.05, 0) is 31.0 Å². The number of aryl methyl sites for hydroxylation is 1. The third-order valence-corrected chi connectivity index (χ3v) is 3.09. The van der Waals surface area contributed by atoms with Crippen LogP contribution in [0.3, 0.4) is 0 Å². The zero-order valence-electron chi connectivity index (χ0n) is 10.4. The summed E-state index contributed by atoms with van der Waals surface area (Å²) in [6, 6.07) is 4.00. The fraction of sp³-hybridized carbons (Fsp3) is 0.286. The second-order valence-corrected chi connectivity index (χ2v) is 4.63. The van der Waals surface area contributed by atoms with Crippen molar-refractivity contribution < 1.29 is 19.1 Å². The van der Waals surface area contributed by atoms with Crippen molar-refractivity contribution in [1.82, 2.24) is 5.32 Å². The van der Waals surface area contributed by atoms with Crippen LogP contribution in [0.5, 0.6) is 0 Å². The van der Waals surface area contributed by atoms with Crippen molar-refractivity contribution in [2.24, 2.45) is 5.92 Å². The standard InChI is InChI=1S/C14H14FNO3/c1-8-2-5-11(12(15)6-8)13(17)16-10-4-3-9(7-10)14(18)19/h2-6,9-10H,7H2,1H3,(H,16,17)(H,18,19). The second kappa shape index (κ2) is 5.22. The SMILES string of the molecule is Cc1ccc(C(=O)NC2C=CC(C(=O)O)C2)c(F)c1. The van der Waals surface area contributed by atoms with E-state index in [9.17, 15) is 14.0 Å². The van der Waals surface area contributed by atoms with Gasteiger partial charge in [0.15, 0.2) is 0 Å². The third-order valence-electron chi connectivity index (χ3n) is 3.09. The van der Waals surface area contributed by atoms with Gasteiger partial charge in [0.2, 0.25) is 0 Å². The number of hydrogen-bond donors (Lipinski definition) is 2. The highest BCUT2D eigenvalue weighted by Crippen LogP contribution is 2.19. The molecule has 19 heavy (non-hydrogen) atoms. The Labute approximate surface area is 109 Å². The Morgan fingerprint density at radius 1 is 1.37 bits per heavy atom. The van der Waals surface area contributed by atoms with Gasteiger partial charge in [-0.25, -0.2) is 4.39 Å². The number of rotatable bonds is 3. The van der Waals surface area contributed by atoms with Gasteiger partial charge >= 0.3 is 5.97 Å². The van der Waals surface area contributed by atoms with Crippen molar-refractivity contribution in [3.63, 3.8) is 0 Å². The monoisotopic (exact) mass is 263 g/mol. The van der Waals surface area contributed by atoms with Crippen LogP contribution in [0.15, 0.2) is 30.4 Å². The Bertz CT molecular complexity index is 554. The van der Waals surface area contributed by atoms with Gasteiger partial charge in [-0.2, -0.15) is 0 Å². The molecule has 0 saturated heterocycles. The van der Waals surface area contributed by atoms with Crippen LogP contribution in [0.1, 0.15) is 22.3 Å². The summed E-state index contributed by atoms with van der Waals surface area (Å²) in [7, 11) is 0. The zero-order chi connectivity index (χ0) is 14.0. The Hall–Kier alpha value is -2.17. The number of nitrogens with one attached hydrogen (secondary N) is 1. The van der Waals surface area contributed by atoms with Gasteiger partial charge in [0, 0.05) is 6.04 Å². The highest BCUT2D eigenvalue weighted by molar-refractivity contribution is 5.95. The maximum Gasteiger partial charge on any atom is 0.310 e. The van der Waals surface area contributed by atoms with E-state index >= 15 is 0 Å². The number of benzene rings is 1. The average molecular weight is 263 g/mol. The molecule has 1 aromatic rings. The maximum atomic E-state index is 13.6. The van der Waals surface area contributed by atoms with E-state index in [-0.39, 0.29) is 11.6 Å². The van der Waals surface area contributed by atoms with Gasteiger partial charge in [-0.3, -0.25) is 9.59 Å². The van der Waals surface area contributed by atoms with Gasteiger partial charge in [-0.1, -0.05) is 18.2 Å². The predicted octanol–water partition coefficient (Wildman–Crippen LogP) is 1.89. The molecule has 1 aliphatic carbocycles. The van der Waals surface area contributed by atoms with E-state index in [0.29, 0.717) is 6.42 Å².